The van der Waals surface area contributed by atoms with Gasteiger partial charge in [-0.05, 0) is 42.3 Å². The molecule has 214 valence electrons. The number of aromatic nitrogens is 2. The summed E-state index contributed by atoms with van der Waals surface area (Å²) in [5.41, 5.74) is 2.19. The second kappa shape index (κ2) is 12.3. The molecule has 0 aliphatic carbocycles. The van der Waals surface area contributed by atoms with Crippen LogP contribution in [0.5, 0.6) is 0 Å². The number of hydrogen-bond acceptors (Lipinski definition) is 4. The molecule has 1 aromatic heterocycles. The van der Waals surface area contributed by atoms with Crippen molar-refractivity contribution in [3.05, 3.63) is 149 Å². The topological polar surface area (TPSA) is 84.6 Å². The Hall–Kier alpha value is -4.89. The molecule has 0 saturated heterocycles. The van der Waals surface area contributed by atoms with Crippen LogP contribution in [0.2, 0.25) is 0 Å². The van der Waals surface area contributed by atoms with E-state index in [1.54, 1.807) is 66.0 Å². The third-order valence-electron chi connectivity index (χ3n) is 7.17. The number of sulfonamides is 1. The van der Waals surface area contributed by atoms with Crippen molar-refractivity contribution in [3.63, 3.8) is 0 Å². The van der Waals surface area contributed by atoms with Crippen molar-refractivity contribution >= 4 is 21.6 Å². The lowest BCUT2D eigenvalue weighted by molar-refractivity contribution is -0.130. The molecular formula is C33H32N4O4S. The molecular weight excluding hydrogens is 548 g/mol. The normalized spacial score (nSPS) is 11.3. The Balaban J connectivity index is 1.61. The van der Waals surface area contributed by atoms with Gasteiger partial charge in [0, 0.05) is 20.1 Å². The third-order valence-corrected chi connectivity index (χ3v) is 8.93. The summed E-state index contributed by atoms with van der Waals surface area (Å²) < 4.78 is 32.3. The zero-order valence-electron chi connectivity index (χ0n) is 23.5. The van der Waals surface area contributed by atoms with Gasteiger partial charge in [-0.1, -0.05) is 97.1 Å². The van der Waals surface area contributed by atoms with Crippen molar-refractivity contribution in [1.29, 1.82) is 0 Å². The highest BCUT2D eigenvalue weighted by molar-refractivity contribution is 7.92. The van der Waals surface area contributed by atoms with Gasteiger partial charge in [0.15, 0.2) is 0 Å². The number of nitrogens with zero attached hydrogens (tertiary/aromatic N) is 4. The molecule has 5 rings (SSSR count). The first kappa shape index (κ1) is 28.6. The summed E-state index contributed by atoms with van der Waals surface area (Å²) in [7, 11) is -2.61. The monoisotopic (exact) mass is 580 g/mol. The maximum atomic E-state index is 14.2. The van der Waals surface area contributed by atoms with Gasteiger partial charge in [0.05, 0.1) is 16.3 Å². The minimum atomic E-state index is -4.30. The van der Waals surface area contributed by atoms with Crippen LogP contribution in [0.4, 0.5) is 5.69 Å². The van der Waals surface area contributed by atoms with Crippen LogP contribution in [0.15, 0.2) is 131 Å². The van der Waals surface area contributed by atoms with Gasteiger partial charge < -0.3 is 4.90 Å². The Morgan fingerprint density at radius 1 is 0.714 bits per heavy atom. The van der Waals surface area contributed by atoms with Crippen LogP contribution in [0.25, 0.3) is 5.69 Å². The Labute approximate surface area is 245 Å². The van der Waals surface area contributed by atoms with E-state index in [1.807, 2.05) is 66.7 Å². The Bertz CT molecular complexity index is 1780. The lowest BCUT2D eigenvalue weighted by Crippen LogP contribution is -2.44. The average molecular weight is 581 g/mol. The SMILES string of the molecule is Cc1c(N(CC(=O)N(Cc2ccccc2)Cc2ccccc2)S(=O)(=O)c2ccccc2)c(=O)n(-c2ccccc2)n1C. The van der Waals surface area contributed by atoms with Crippen LogP contribution in [0, 0.1) is 6.92 Å². The lowest BCUT2D eigenvalue weighted by Gasteiger charge is -2.28. The molecule has 1 amide bonds. The molecule has 0 bridgehead atoms. The third kappa shape index (κ3) is 5.91. The highest BCUT2D eigenvalue weighted by atomic mass is 32.2. The first-order chi connectivity index (χ1) is 20.3. The van der Waals surface area contributed by atoms with Crippen molar-refractivity contribution in [2.75, 3.05) is 10.8 Å². The van der Waals surface area contributed by atoms with Crippen LogP contribution in [-0.4, -0.2) is 35.1 Å². The number of carbonyl (C=O) groups is 1. The molecule has 42 heavy (non-hydrogen) atoms. The predicted molar refractivity (Wildman–Crippen MR) is 164 cm³/mol. The van der Waals surface area contributed by atoms with Crippen molar-refractivity contribution in [2.45, 2.75) is 24.9 Å². The summed E-state index contributed by atoms with van der Waals surface area (Å²) in [6.07, 6.45) is 0. The lowest BCUT2D eigenvalue weighted by atomic mass is 10.1. The molecule has 0 aliphatic heterocycles. The minimum Gasteiger partial charge on any atom is -0.332 e. The highest BCUT2D eigenvalue weighted by Crippen LogP contribution is 2.26. The molecule has 0 aliphatic rings. The fourth-order valence-corrected chi connectivity index (χ4v) is 6.39. The van der Waals surface area contributed by atoms with Crippen LogP contribution in [0.1, 0.15) is 16.8 Å². The molecule has 0 N–H and O–H groups in total. The summed E-state index contributed by atoms with van der Waals surface area (Å²) in [6.45, 7) is 1.68. The number of benzene rings is 4. The Kier molecular flexibility index (Phi) is 8.40. The number of carbonyl (C=O) groups excluding carboxylic acids is 1. The Morgan fingerprint density at radius 2 is 1.17 bits per heavy atom. The van der Waals surface area contributed by atoms with Gasteiger partial charge in [-0.15, -0.1) is 0 Å². The number of hydrogen-bond donors (Lipinski definition) is 0. The average Bonchev–Trinajstić information content (AvgIpc) is 3.24. The summed E-state index contributed by atoms with van der Waals surface area (Å²) in [4.78, 5) is 29.7. The predicted octanol–water partition coefficient (Wildman–Crippen LogP) is 4.91. The zero-order valence-corrected chi connectivity index (χ0v) is 24.3. The van der Waals surface area contributed by atoms with Crippen LogP contribution < -0.4 is 9.86 Å². The van der Waals surface area contributed by atoms with Crippen LogP contribution >= 0.6 is 0 Å². The summed E-state index contributed by atoms with van der Waals surface area (Å²) in [5, 5.41) is 0. The summed E-state index contributed by atoms with van der Waals surface area (Å²) in [6, 6.07) is 35.9. The second-order valence-electron chi connectivity index (χ2n) is 9.96. The number of para-hydroxylation sites is 1. The smallest absolute Gasteiger partial charge is 0.296 e. The van der Waals surface area contributed by atoms with Gasteiger partial charge in [-0.25, -0.2) is 17.4 Å². The first-order valence-electron chi connectivity index (χ1n) is 13.5. The largest absolute Gasteiger partial charge is 0.332 e. The molecule has 9 heteroatoms. The van der Waals surface area contributed by atoms with Gasteiger partial charge in [-0.2, -0.15) is 0 Å². The maximum absolute atomic E-state index is 14.2. The Morgan fingerprint density at radius 3 is 1.67 bits per heavy atom. The number of anilines is 1. The van der Waals surface area contributed by atoms with Crippen molar-refractivity contribution in [2.24, 2.45) is 7.05 Å². The maximum Gasteiger partial charge on any atom is 0.296 e. The van der Waals surface area contributed by atoms with E-state index in [4.69, 9.17) is 0 Å². The molecule has 0 atom stereocenters. The molecule has 0 radical (unpaired) electrons. The fourth-order valence-electron chi connectivity index (χ4n) is 4.91. The van der Waals surface area contributed by atoms with Crippen molar-refractivity contribution in [3.8, 4) is 5.69 Å². The summed E-state index contributed by atoms with van der Waals surface area (Å²) >= 11 is 0. The van der Waals surface area contributed by atoms with E-state index in [9.17, 15) is 18.0 Å². The van der Waals surface area contributed by atoms with E-state index in [1.165, 1.54) is 16.8 Å². The highest BCUT2D eigenvalue weighted by Gasteiger charge is 2.34. The van der Waals surface area contributed by atoms with Gasteiger partial charge in [0.1, 0.15) is 12.2 Å². The van der Waals surface area contributed by atoms with E-state index in [-0.39, 0.29) is 23.7 Å². The number of rotatable bonds is 10. The molecule has 5 aromatic rings. The fraction of sp³-hybridized carbons (Fsp3) is 0.152. The minimum absolute atomic E-state index is 0.00983. The first-order valence-corrected chi connectivity index (χ1v) is 15.0. The van der Waals surface area contributed by atoms with Gasteiger partial charge in [0.25, 0.3) is 15.6 Å². The molecule has 0 spiro atoms. The quantitative estimate of drug-likeness (QED) is 0.235. The van der Waals surface area contributed by atoms with E-state index >= 15 is 0 Å². The van der Waals surface area contributed by atoms with Crippen molar-refractivity contribution < 1.29 is 13.2 Å². The van der Waals surface area contributed by atoms with Crippen molar-refractivity contribution in [1.82, 2.24) is 14.3 Å². The van der Waals surface area contributed by atoms with Gasteiger partial charge >= 0.3 is 0 Å². The van der Waals surface area contributed by atoms with Gasteiger partial charge in [0.2, 0.25) is 5.91 Å². The zero-order chi connectivity index (χ0) is 29.7. The van der Waals surface area contributed by atoms with E-state index < -0.39 is 28.0 Å². The van der Waals surface area contributed by atoms with Crippen LogP contribution in [0.3, 0.4) is 0 Å². The molecule has 0 unspecified atom stereocenters. The number of amides is 1. The molecule has 0 fully saturated rings. The standard InChI is InChI=1S/C33H32N4O4S/c1-26-32(33(39)37(34(26)2)29-19-11-5-12-20-29)36(42(40,41)30-21-13-6-14-22-30)25-31(38)35(23-27-15-7-3-8-16-27)24-28-17-9-4-10-18-28/h3-22H,23-25H2,1-2H3. The van der Waals surface area contributed by atoms with Crippen LogP contribution in [-0.2, 0) is 35.0 Å². The van der Waals surface area contributed by atoms with Gasteiger partial charge in [-0.3, -0.25) is 14.3 Å². The summed E-state index contributed by atoms with van der Waals surface area (Å²) in [5.74, 6) is -0.434. The molecule has 4 aromatic carbocycles. The molecule has 0 saturated carbocycles. The van der Waals surface area contributed by atoms with E-state index in [2.05, 4.69) is 0 Å². The second-order valence-corrected chi connectivity index (χ2v) is 11.8. The van der Waals surface area contributed by atoms with E-state index in [0.717, 1.165) is 15.4 Å². The van der Waals surface area contributed by atoms with E-state index in [0.29, 0.717) is 11.4 Å². The molecule has 8 nitrogen and oxygen atoms in total. The molecule has 1 heterocycles.